The van der Waals surface area contributed by atoms with Gasteiger partial charge in [-0.25, -0.2) is 5.01 Å². The minimum atomic E-state index is -0.544. The Balaban J connectivity index is 1.64. The molecule has 8 heteroatoms. The number of phenolic OH excluding ortho intramolecular Hbond substituents is 1. The van der Waals surface area contributed by atoms with Crippen molar-refractivity contribution in [3.8, 4) is 28.7 Å². The molecule has 33 heavy (non-hydrogen) atoms. The van der Waals surface area contributed by atoms with E-state index in [4.69, 9.17) is 35.6 Å². The molecule has 0 saturated heterocycles. The highest BCUT2D eigenvalue weighted by Gasteiger charge is 2.41. The molecule has 7 nitrogen and oxygen atoms in total. The Morgan fingerprint density at radius 1 is 1.00 bits per heavy atom. The first-order valence-corrected chi connectivity index (χ1v) is 10.8. The van der Waals surface area contributed by atoms with Crippen LogP contribution in [0.15, 0.2) is 59.7 Å². The Bertz CT molecular complexity index is 1220. The quantitative estimate of drug-likeness (QED) is 0.549. The Morgan fingerprint density at radius 3 is 2.42 bits per heavy atom. The van der Waals surface area contributed by atoms with Gasteiger partial charge >= 0.3 is 0 Å². The lowest BCUT2D eigenvalue weighted by Gasteiger charge is -2.38. The summed E-state index contributed by atoms with van der Waals surface area (Å²) in [4.78, 5) is 0. The van der Waals surface area contributed by atoms with Crippen molar-refractivity contribution in [3.63, 3.8) is 0 Å². The molecule has 0 aliphatic carbocycles. The normalized spacial score (nSPS) is 18.7. The van der Waals surface area contributed by atoms with Crippen molar-refractivity contribution >= 4 is 17.3 Å². The molecule has 0 fully saturated rings. The van der Waals surface area contributed by atoms with E-state index in [9.17, 15) is 5.11 Å². The van der Waals surface area contributed by atoms with Gasteiger partial charge in [-0.05, 0) is 36.4 Å². The lowest BCUT2D eigenvalue weighted by atomic mass is 9.95. The largest absolute Gasteiger partial charge is 0.507 e. The minimum Gasteiger partial charge on any atom is -0.507 e. The zero-order valence-electron chi connectivity index (χ0n) is 18.4. The number of benzene rings is 3. The molecule has 2 aliphatic heterocycles. The second-order valence-corrected chi connectivity index (χ2v) is 8.21. The molecule has 2 aliphatic rings. The van der Waals surface area contributed by atoms with E-state index in [-0.39, 0.29) is 11.8 Å². The van der Waals surface area contributed by atoms with Gasteiger partial charge < -0.3 is 24.1 Å². The molecular formula is C25H23ClN2O5. The molecule has 2 heterocycles. The predicted octanol–water partition coefficient (Wildman–Crippen LogP) is 5.31. The van der Waals surface area contributed by atoms with Gasteiger partial charge in [0.25, 0.3) is 0 Å². The Morgan fingerprint density at radius 2 is 1.73 bits per heavy atom. The molecule has 0 unspecified atom stereocenters. The van der Waals surface area contributed by atoms with Crippen LogP contribution in [0.3, 0.4) is 0 Å². The molecule has 0 amide bonds. The van der Waals surface area contributed by atoms with Crippen LogP contribution in [0.5, 0.6) is 28.7 Å². The van der Waals surface area contributed by atoms with Crippen LogP contribution in [0.4, 0.5) is 0 Å². The average Bonchev–Trinajstić information content (AvgIpc) is 3.29. The summed E-state index contributed by atoms with van der Waals surface area (Å²) in [7, 11) is 4.72. The van der Waals surface area contributed by atoms with E-state index in [0.29, 0.717) is 34.3 Å². The Kier molecular flexibility index (Phi) is 5.42. The topological polar surface area (TPSA) is 72.8 Å². The molecule has 5 rings (SSSR count). The third-order valence-electron chi connectivity index (χ3n) is 5.94. The van der Waals surface area contributed by atoms with Gasteiger partial charge in [-0.15, -0.1) is 0 Å². The molecule has 3 aromatic rings. The zero-order valence-corrected chi connectivity index (χ0v) is 19.2. The first kappa shape index (κ1) is 21.3. The maximum absolute atomic E-state index is 10.5. The summed E-state index contributed by atoms with van der Waals surface area (Å²) >= 11 is 6.21. The van der Waals surface area contributed by atoms with E-state index < -0.39 is 6.23 Å². The Labute approximate surface area is 196 Å². The number of hydrogen-bond donors (Lipinski definition) is 1. The van der Waals surface area contributed by atoms with E-state index in [2.05, 4.69) is 0 Å². The van der Waals surface area contributed by atoms with E-state index in [1.807, 2.05) is 41.4 Å². The van der Waals surface area contributed by atoms with Crippen molar-refractivity contribution in [1.82, 2.24) is 5.01 Å². The van der Waals surface area contributed by atoms with Gasteiger partial charge in [0.05, 0.1) is 33.1 Å². The van der Waals surface area contributed by atoms with Crippen LogP contribution < -0.4 is 18.9 Å². The number of nitrogens with zero attached hydrogens (tertiary/aromatic N) is 2. The average molecular weight is 467 g/mol. The van der Waals surface area contributed by atoms with Crippen LogP contribution in [0.2, 0.25) is 5.02 Å². The molecule has 0 bridgehead atoms. The summed E-state index contributed by atoms with van der Waals surface area (Å²) < 4.78 is 23.0. The van der Waals surface area contributed by atoms with Crippen LogP contribution in [0.25, 0.3) is 0 Å². The van der Waals surface area contributed by atoms with Crippen molar-refractivity contribution in [3.05, 3.63) is 76.3 Å². The van der Waals surface area contributed by atoms with Gasteiger partial charge in [0, 0.05) is 28.1 Å². The third kappa shape index (κ3) is 3.58. The minimum absolute atomic E-state index is 0.0765. The van der Waals surface area contributed by atoms with Gasteiger partial charge in [0.15, 0.2) is 11.5 Å². The highest BCUT2D eigenvalue weighted by molar-refractivity contribution is 6.31. The number of methoxy groups -OCH3 is 3. The van der Waals surface area contributed by atoms with Crippen LogP contribution >= 0.6 is 11.6 Å². The summed E-state index contributed by atoms with van der Waals surface area (Å²) in [5.41, 5.74) is 3.17. The summed E-state index contributed by atoms with van der Waals surface area (Å²) in [6, 6.07) is 16.5. The number of hydrogen-bond acceptors (Lipinski definition) is 7. The summed E-state index contributed by atoms with van der Waals surface area (Å²) in [5.74, 6) is 2.48. The molecule has 0 radical (unpaired) electrons. The molecule has 0 aromatic heterocycles. The number of rotatable bonds is 5. The maximum Gasteiger partial charge on any atom is 0.214 e. The number of ether oxygens (including phenoxy) is 4. The van der Waals surface area contributed by atoms with E-state index in [0.717, 1.165) is 22.6 Å². The lowest BCUT2D eigenvalue weighted by molar-refractivity contribution is -0.0192. The van der Waals surface area contributed by atoms with Crippen LogP contribution in [0.1, 0.15) is 35.4 Å². The van der Waals surface area contributed by atoms with Crippen molar-refractivity contribution in [1.29, 1.82) is 0 Å². The van der Waals surface area contributed by atoms with Crippen LogP contribution in [-0.4, -0.2) is 37.2 Å². The van der Waals surface area contributed by atoms with Gasteiger partial charge in [-0.2, -0.15) is 5.10 Å². The highest BCUT2D eigenvalue weighted by Crippen LogP contribution is 2.50. The van der Waals surface area contributed by atoms with E-state index in [1.165, 1.54) is 0 Å². The predicted molar refractivity (Wildman–Crippen MR) is 125 cm³/mol. The van der Waals surface area contributed by atoms with Crippen molar-refractivity contribution in [2.45, 2.75) is 18.7 Å². The smallest absolute Gasteiger partial charge is 0.214 e. The van der Waals surface area contributed by atoms with Crippen LogP contribution in [0, 0.1) is 0 Å². The molecule has 170 valence electrons. The summed E-state index contributed by atoms with van der Waals surface area (Å²) in [6.07, 6.45) is 0.0484. The monoisotopic (exact) mass is 466 g/mol. The number of fused-ring (bicyclic) bond motifs is 3. The van der Waals surface area contributed by atoms with E-state index in [1.54, 1.807) is 39.5 Å². The Hall–Kier alpha value is -3.58. The van der Waals surface area contributed by atoms with Gasteiger partial charge in [-0.1, -0.05) is 29.8 Å². The number of hydrazone groups is 1. The summed E-state index contributed by atoms with van der Waals surface area (Å²) in [6.45, 7) is 0. The standard InChI is InChI=1S/C25H23ClN2O5/c1-30-22-10-14(11-23(31-2)24(22)32-3)25-28-19(16-6-4-5-7-21(16)33-25)13-18(27-28)17-12-15(26)8-9-20(17)29/h4-12,19,25,29H,13H2,1-3H3/t19-,25+/m1/s1. The van der Waals surface area contributed by atoms with Gasteiger partial charge in [0.1, 0.15) is 11.5 Å². The fourth-order valence-electron chi connectivity index (χ4n) is 4.40. The highest BCUT2D eigenvalue weighted by atomic mass is 35.5. The maximum atomic E-state index is 10.5. The fraction of sp³-hybridized carbons (Fsp3) is 0.240. The first-order chi connectivity index (χ1) is 16.0. The van der Waals surface area contributed by atoms with Crippen LogP contribution in [-0.2, 0) is 0 Å². The first-order valence-electron chi connectivity index (χ1n) is 10.4. The third-order valence-corrected chi connectivity index (χ3v) is 6.18. The number of para-hydroxylation sites is 1. The molecule has 3 aromatic carbocycles. The summed E-state index contributed by atoms with van der Waals surface area (Å²) in [5, 5.41) is 17.8. The van der Waals surface area contributed by atoms with Crippen molar-refractivity contribution in [2.24, 2.45) is 5.10 Å². The molecule has 0 spiro atoms. The SMILES string of the molecule is COc1cc([C@@H]2Oc3ccccc3[C@H]3CC(c4cc(Cl)ccc4O)=NN32)cc(OC)c1OC. The lowest BCUT2D eigenvalue weighted by Crippen LogP contribution is -2.33. The number of phenols is 1. The van der Waals surface area contributed by atoms with Crippen molar-refractivity contribution in [2.75, 3.05) is 21.3 Å². The zero-order chi connectivity index (χ0) is 23.1. The second-order valence-electron chi connectivity index (χ2n) is 7.77. The number of halogens is 1. The van der Waals surface area contributed by atoms with Gasteiger partial charge in [0.2, 0.25) is 12.0 Å². The molecule has 2 atom stereocenters. The van der Waals surface area contributed by atoms with E-state index >= 15 is 0 Å². The molecular weight excluding hydrogens is 444 g/mol. The number of aromatic hydroxyl groups is 1. The fourth-order valence-corrected chi connectivity index (χ4v) is 4.57. The van der Waals surface area contributed by atoms with Gasteiger partial charge in [-0.3, -0.25) is 0 Å². The molecule has 1 N–H and O–H groups in total. The molecule has 0 saturated carbocycles. The second kappa shape index (κ2) is 8.41. The van der Waals surface area contributed by atoms with Crippen molar-refractivity contribution < 1.29 is 24.1 Å².